The Morgan fingerprint density at radius 1 is 1.38 bits per heavy atom. The van der Waals surface area contributed by atoms with Gasteiger partial charge in [-0.15, -0.1) is 0 Å². The number of hydrogen-bond donors (Lipinski definition) is 1. The monoisotopic (exact) mass is 171 g/mol. The lowest BCUT2D eigenvalue weighted by Gasteiger charge is -1.98. The van der Waals surface area contributed by atoms with Crippen molar-refractivity contribution in [3.8, 4) is 11.4 Å². The molecule has 2 aromatic rings. The van der Waals surface area contributed by atoms with Crippen LogP contribution < -0.4 is 5.73 Å². The van der Waals surface area contributed by atoms with Gasteiger partial charge < -0.3 is 10.3 Å². The van der Waals surface area contributed by atoms with Gasteiger partial charge in [-0.2, -0.15) is 0 Å². The second-order valence-electron chi connectivity index (χ2n) is 3.30. The Balaban J connectivity index is 2.29. The van der Waals surface area contributed by atoms with E-state index in [1.54, 1.807) is 0 Å². The van der Waals surface area contributed by atoms with Gasteiger partial charge in [-0.3, -0.25) is 0 Å². The highest BCUT2D eigenvalue weighted by Crippen LogP contribution is 2.31. The molecular weight excluding hydrogens is 162 g/mol. The van der Waals surface area contributed by atoms with E-state index in [9.17, 15) is 0 Å². The van der Waals surface area contributed by atoms with Crippen molar-refractivity contribution in [2.45, 2.75) is 6.54 Å². The van der Waals surface area contributed by atoms with Crippen LogP contribution in [0.4, 0.5) is 5.69 Å². The van der Waals surface area contributed by atoms with Crippen molar-refractivity contribution in [2.24, 2.45) is 0 Å². The zero-order chi connectivity index (χ0) is 8.84. The summed E-state index contributed by atoms with van der Waals surface area (Å²) in [5, 5.41) is 0. The predicted molar refractivity (Wildman–Crippen MR) is 51.2 cm³/mol. The Labute approximate surface area is 75.8 Å². The van der Waals surface area contributed by atoms with Crippen molar-refractivity contribution in [2.75, 3.05) is 5.73 Å². The van der Waals surface area contributed by atoms with Crippen LogP contribution in [-0.2, 0) is 6.54 Å². The van der Waals surface area contributed by atoms with Crippen LogP contribution in [0.5, 0.6) is 0 Å². The number of benzene rings is 1. The lowest BCUT2D eigenvalue weighted by molar-refractivity contribution is 0.848. The van der Waals surface area contributed by atoms with Crippen LogP contribution in [-0.4, -0.2) is 9.55 Å². The van der Waals surface area contributed by atoms with E-state index in [1.165, 1.54) is 11.1 Å². The largest absolute Gasteiger partial charge is 0.399 e. The van der Waals surface area contributed by atoms with Crippen LogP contribution in [0.2, 0.25) is 0 Å². The summed E-state index contributed by atoms with van der Waals surface area (Å²) < 4.78 is 2.13. The fraction of sp³-hybridized carbons (Fsp3) is 0.100. The molecule has 1 aromatic carbocycles. The highest BCUT2D eigenvalue weighted by atomic mass is 15.1. The Morgan fingerprint density at radius 2 is 2.31 bits per heavy atom. The molecule has 0 fully saturated rings. The number of anilines is 1. The van der Waals surface area contributed by atoms with Crippen LogP contribution in [0.15, 0.2) is 30.6 Å². The van der Waals surface area contributed by atoms with E-state index in [4.69, 9.17) is 5.73 Å². The van der Waals surface area contributed by atoms with Gasteiger partial charge in [0, 0.05) is 30.2 Å². The van der Waals surface area contributed by atoms with Gasteiger partial charge in [-0.25, -0.2) is 4.98 Å². The van der Waals surface area contributed by atoms with E-state index >= 15 is 0 Å². The maximum absolute atomic E-state index is 5.70. The minimum absolute atomic E-state index is 0.824. The van der Waals surface area contributed by atoms with E-state index in [2.05, 4.69) is 9.55 Å². The second kappa shape index (κ2) is 2.13. The topological polar surface area (TPSA) is 43.8 Å². The normalized spacial score (nSPS) is 12.6. The fourth-order valence-corrected chi connectivity index (χ4v) is 1.83. The van der Waals surface area contributed by atoms with Crippen LogP contribution in [0.25, 0.3) is 11.4 Å². The molecule has 0 aliphatic carbocycles. The Kier molecular flexibility index (Phi) is 1.10. The summed E-state index contributed by atoms with van der Waals surface area (Å²) in [7, 11) is 0. The molecule has 2 N–H and O–H groups in total. The molecule has 0 atom stereocenters. The second-order valence-corrected chi connectivity index (χ2v) is 3.30. The van der Waals surface area contributed by atoms with Gasteiger partial charge in [0.1, 0.15) is 5.82 Å². The van der Waals surface area contributed by atoms with Crippen LogP contribution in [0, 0.1) is 0 Å². The lowest BCUT2D eigenvalue weighted by Crippen LogP contribution is -1.90. The van der Waals surface area contributed by atoms with Crippen LogP contribution >= 0.6 is 0 Å². The van der Waals surface area contributed by atoms with E-state index in [1.807, 2.05) is 30.6 Å². The first-order valence-electron chi connectivity index (χ1n) is 4.24. The first-order chi connectivity index (χ1) is 6.34. The molecule has 0 bridgehead atoms. The Hall–Kier alpha value is -1.77. The van der Waals surface area contributed by atoms with Crippen molar-refractivity contribution in [1.82, 2.24) is 9.55 Å². The Bertz CT molecular complexity index is 471. The number of nitrogens with zero attached hydrogens (tertiary/aromatic N) is 2. The van der Waals surface area contributed by atoms with Crippen molar-refractivity contribution >= 4 is 5.69 Å². The van der Waals surface area contributed by atoms with Gasteiger partial charge in [0.15, 0.2) is 0 Å². The van der Waals surface area contributed by atoms with Crippen LogP contribution in [0.1, 0.15) is 5.56 Å². The molecule has 1 aliphatic heterocycles. The van der Waals surface area contributed by atoms with Crippen molar-refractivity contribution in [1.29, 1.82) is 0 Å². The third kappa shape index (κ3) is 0.811. The molecule has 64 valence electrons. The summed E-state index contributed by atoms with van der Waals surface area (Å²) in [4.78, 5) is 4.29. The van der Waals surface area contributed by atoms with Crippen LogP contribution in [0.3, 0.4) is 0 Å². The standard InChI is InChI=1S/C10H9N3/c11-8-1-2-9-7(5-8)6-13-4-3-12-10(9)13/h1-5H,6,11H2. The molecule has 13 heavy (non-hydrogen) atoms. The zero-order valence-electron chi connectivity index (χ0n) is 7.07. The smallest absolute Gasteiger partial charge is 0.140 e. The Morgan fingerprint density at radius 3 is 3.23 bits per heavy atom. The molecule has 1 aromatic heterocycles. The summed E-state index contributed by atoms with van der Waals surface area (Å²) in [6, 6.07) is 5.98. The SMILES string of the molecule is Nc1ccc2c(c1)Cn1ccnc1-2. The first-order valence-corrected chi connectivity index (χ1v) is 4.24. The molecule has 0 amide bonds. The molecule has 1 aliphatic rings. The fourth-order valence-electron chi connectivity index (χ4n) is 1.83. The van der Waals surface area contributed by atoms with Crippen molar-refractivity contribution < 1.29 is 0 Å². The summed E-state index contributed by atoms with van der Waals surface area (Å²) in [5.41, 5.74) is 9.00. The van der Waals surface area contributed by atoms with Crippen molar-refractivity contribution in [3.05, 3.63) is 36.2 Å². The quantitative estimate of drug-likeness (QED) is 0.521. The molecule has 3 rings (SSSR count). The number of aromatic nitrogens is 2. The van der Waals surface area contributed by atoms with E-state index in [0.717, 1.165) is 18.1 Å². The lowest BCUT2D eigenvalue weighted by atomic mass is 10.1. The number of hydrogen-bond acceptors (Lipinski definition) is 2. The predicted octanol–water partition coefficient (Wildman–Crippen LogP) is 1.49. The molecule has 3 nitrogen and oxygen atoms in total. The average Bonchev–Trinajstić information content (AvgIpc) is 2.62. The highest BCUT2D eigenvalue weighted by Gasteiger charge is 2.18. The first kappa shape index (κ1) is 6.71. The number of fused-ring (bicyclic) bond motifs is 3. The summed E-state index contributed by atoms with van der Waals surface area (Å²) >= 11 is 0. The molecule has 0 unspecified atom stereocenters. The summed E-state index contributed by atoms with van der Waals surface area (Å²) in [6.07, 6.45) is 3.82. The number of rotatable bonds is 0. The van der Waals surface area contributed by atoms with E-state index in [-0.39, 0.29) is 0 Å². The van der Waals surface area contributed by atoms with Gasteiger partial charge in [0.2, 0.25) is 0 Å². The minimum Gasteiger partial charge on any atom is -0.399 e. The van der Waals surface area contributed by atoms with Gasteiger partial charge in [-0.1, -0.05) is 0 Å². The van der Waals surface area contributed by atoms with Gasteiger partial charge in [0.25, 0.3) is 0 Å². The van der Waals surface area contributed by atoms with Gasteiger partial charge in [0.05, 0.1) is 0 Å². The van der Waals surface area contributed by atoms with E-state index < -0.39 is 0 Å². The molecule has 0 spiro atoms. The summed E-state index contributed by atoms with van der Waals surface area (Å²) in [5.74, 6) is 1.05. The summed E-state index contributed by atoms with van der Waals surface area (Å²) in [6.45, 7) is 0.899. The number of nitrogens with two attached hydrogens (primary N) is 1. The third-order valence-electron chi connectivity index (χ3n) is 2.43. The molecular formula is C10H9N3. The van der Waals surface area contributed by atoms with Gasteiger partial charge >= 0.3 is 0 Å². The van der Waals surface area contributed by atoms with E-state index in [0.29, 0.717) is 0 Å². The van der Waals surface area contributed by atoms with Gasteiger partial charge in [-0.05, 0) is 23.8 Å². The van der Waals surface area contributed by atoms with Crippen molar-refractivity contribution in [3.63, 3.8) is 0 Å². The molecule has 0 radical (unpaired) electrons. The molecule has 0 saturated heterocycles. The molecule has 2 heterocycles. The molecule has 0 saturated carbocycles. The zero-order valence-corrected chi connectivity index (χ0v) is 7.07. The third-order valence-corrected chi connectivity index (χ3v) is 2.43. The maximum Gasteiger partial charge on any atom is 0.140 e. The number of imidazole rings is 1. The maximum atomic E-state index is 5.70. The minimum atomic E-state index is 0.824. The molecule has 3 heteroatoms. The highest BCUT2D eigenvalue weighted by molar-refractivity contribution is 5.67. The number of nitrogen functional groups attached to an aromatic ring is 1. The average molecular weight is 171 g/mol.